The third-order valence-electron chi connectivity index (χ3n) is 1.03. The second kappa shape index (κ2) is 7.30. The monoisotopic (exact) mass is 190 g/mol. The van der Waals surface area contributed by atoms with Crippen LogP contribution < -0.4 is 5.32 Å². The quantitative estimate of drug-likeness (QED) is 0.673. The van der Waals surface area contributed by atoms with Crippen molar-refractivity contribution in [2.45, 2.75) is 46.3 Å². The molecule has 1 N–H and O–H groups in total. The fourth-order valence-electron chi connectivity index (χ4n) is 0.548. The summed E-state index contributed by atoms with van der Waals surface area (Å²) in [5.41, 5.74) is -0.0521. The molecule has 0 unspecified atom stereocenters. The Balaban J connectivity index is 0. The molecule has 82 valence electrons. The lowest BCUT2D eigenvalue weighted by atomic mass is 10.2. The Bertz CT molecular complexity index is 106. The van der Waals surface area contributed by atoms with E-state index in [0.29, 0.717) is 6.04 Å². The van der Waals surface area contributed by atoms with E-state index in [4.69, 9.17) is 4.84 Å². The molecule has 3 heteroatoms. The maximum Gasteiger partial charge on any atom is 0.0815 e. The largest absolute Gasteiger partial charge is 0.318 e. The molecule has 0 amide bonds. The van der Waals surface area contributed by atoms with Crippen LogP contribution >= 0.6 is 0 Å². The number of hydroxylamine groups is 2. The molecule has 0 aliphatic heterocycles. The molecular weight excluding hydrogens is 164 g/mol. The highest BCUT2D eigenvalue weighted by molar-refractivity contribution is 4.55. The molecular formula is C10H26N2O. The Morgan fingerprint density at radius 3 is 1.46 bits per heavy atom. The Morgan fingerprint density at radius 1 is 1.15 bits per heavy atom. The summed E-state index contributed by atoms with van der Waals surface area (Å²) in [7, 11) is 5.71. The van der Waals surface area contributed by atoms with Crippen LogP contribution in [-0.2, 0) is 4.84 Å². The van der Waals surface area contributed by atoms with Crippen molar-refractivity contribution >= 4 is 0 Å². The van der Waals surface area contributed by atoms with Gasteiger partial charge in [0.05, 0.1) is 5.60 Å². The van der Waals surface area contributed by atoms with Crippen molar-refractivity contribution in [3.63, 3.8) is 0 Å². The van der Waals surface area contributed by atoms with Crippen LogP contribution in [-0.4, -0.2) is 37.8 Å². The first-order valence-electron chi connectivity index (χ1n) is 4.72. The van der Waals surface area contributed by atoms with Gasteiger partial charge in [-0.3, -0.25) is 4.84 Å². The maximum absolute atomic E-state index is 5.27. The van der Waals surface area contributed by atoms with Crippen molar-refractivity contribution in [3.8, 4) is 0 Å². The van der Waals surface area contributed by atoms with Crippen molar-refractivity contribution in [2.75, 3.05) is 21.1 Å². The predicted octanol–water partition coefficient (Wildman–Crippen LogP) is 1.89. The van der Waals surface area contributed by atoms with E-state index in [9.17, 15) is 0 Å². The van der Waals surface area contributed by atoms with E-state index in [1.807, 2.05) is 41.9 Å². The van der Waals surface area contributed by atoms with Gasteiger partial charge in [0, 0.05) is 20.1 Å². The normalized spacial score (nSPS) is 11.5. The summed E-state index contributed by atoms with van der Waals surface area (Å²) in [6, 6.07) is 0.634. The smallest absolute Gasteiger partial charge is 0.0815 e. The highest BCUT2D eigenvalue weighted by Crippen LogP contribution is 2.06. The summed E-state index contributed by atoms with van der Waals surface area (Å²) in [5.74, 6) is 0. The summed E-state index contributed by atoms with van der Waals surface area (Å²) in [4.78, 5) is 5.27. The second-order valence-corrected chi connectivity index (χ2v) is 4.46. The molecule has 0 radical (unpaired) electrons. The van der Waals surface area contributed by atoms with Crippen molar-refractivity contribution in [1.82, 2.24) is 10.4 Å². The minimum atomic E-state index is -0.0521. The summed E-state index contributed by atoms with van der Waals surface area (Å²) >= 11 is 0. The second-order valence-electron chi connectivity index (χ2n) is 4.46. The topological polar surface area (TPSA) is 24.5 Å². The lowest BCUT2D eigenvalue weighted by Gasteiger charge is -2.23. The van der Waals surface area contributed by atoms with Crippen LogP contribution in [0, 0.1) is 0 Å². The molecule has 0 aliphatic rings. The predicted molar refractivity (Wildman–Crippen MR) is 58.7 cm³/mol. The van der Waals surface area contributed by atoms with Gasteiger partial charge in [0.1, 0.15) is 0 Å². The van der Waals surface area contributed by atoms with Gasteiger partial charge < -0.3 is 5.32 Å². The lowest BCUT2D eigenvalue weighted by Crippen LogP contribution is -2.28. The zero-order valence-corrected chi connectivity index (χ0v) is 10.4. The molecule has 0 rings (SSSR count). The summed E-state index contributed by atoms with van der Waals surface area (Å²) in [6.07, 6.45) is 0. The fraction of sp³-hybridized carbons (Fsp3) is 1.00. The SMILES string of the molecule is CN(C)OC(C)(C)C.CNC(C)C. The summed E-state index contributed by atoms with van der Waals surface area (Å²) < 4.78 is 0. The van der Waals surface area contributed by atoms with Gasteiger partial charge in [0.2, 0.25) is 0 Å². The highest BCUT2D eigenvalue weighted by atomic mass is 16.7. The Labute approximate surface area is 83.4 Å². The average molecular weight is 190 g/mol. The van der Waals surface area contributed by atoms with E-state index >= 15 is 0 Å². The molecule has 0 saturated carbocycles. The zero-order valence-electron chi connectivity index (χ0n) is 10.4. The van der Waals surface area contributed by atoms with Gasteiger partial charge in [-0.15, -0.1) is 0 Å². The van der Waals surface area contributed by atoms with Gasteiger partial charge >= 0.3 is 0 Å². The van der Waals surface area contributed by atoms with Crippen LogP contribution in [0.3, 0.4) is 0 Å². The van der Waals surface area contributed by atoms with E-state index in [2.05, 4.69) is 19.2 Å². The van der Waals surface area contributed by atoms with Gasteiger partial charge in [-0.1, -0.05) is 13.8 Å². The lowest BCUT2D eigenvalue weighted by molar-refractivity contribution is -0.198. The molecule has 0 spiro atoms. The first-order chi connectivity index (χ1) is 5.69. The molecule has 3 nitrogen and oxygen atoms in total. The number of hydrogen-bond acceptors (Lipinski definition) is 3. The van der Waals surface area contributed by atoms with Crippen molar-refractivity contribution in [3.05, 3.63) is 0 Å². The van der Waals surface area contributed by atoms with E-state index in [0.717, 1.165) is 0 Å². The Hall–Kier alpha value is -0.120. The van der Waals surface area contributed by atoms with Gasteiger partial charge in [-0.05, 0) is 27.8 Å². The number of nitrogens with one attached hydrogen (secondary N) is 1. The molecule has 0 saturated heterocycles. The molecule has 0 bridgehead atoms. The van der Waals surface area contributed by atoms with E-state index in [1.54, 1.807) is 5.06 Å². The molecule has 0 aromatic carbocycles. The highest BCUT2D eigenvalue weighted by Gasteiger charge is 2.10. The van der Waals surface area contributed by atoms with Crippen LogP contribution in [0.5, 0.6) is 0 Å². The van der Waals surface area contributed by atoms with Crippen LogP contribution in [0.4, 0.5) is 0 Å². The summed E-state index contributed by atoms with van der Waals surface area (Å²) in [6.45, 7) is 10.3. The van der Waals surface area contributed by atoms with Gasteiger partial charge in [0.15, 0.2) is 0 Å². The first kappa shape index (κ1) is 15.4. The Kier molecular flexibility index (Phi) is 8.62. The van der Waals surface area contributed by atoms with E-state index in [1.165, 1.54) is 0 Å². The number of rotatable bonds is 2. The average Bonchev–Trinajstić information content (AvgIpc) is 1.83. The van der Waals surface area contributed by atoms with Gasteiger partial charge in [-0.2, -0.15) is 5.06 Å². The minimum Gasteiger partial charge on any atom is -0.318 e. The van der Waals surface area contributed by atoms with E-state index in [-0.39, 0.29) is 5.60 Å². The standard InChI is InChI=1S/C6H15NO.C4H11N/c1-6(2,3)8-7(4)5;1-4(2)5-3/h1-5H3;4-5H,1-3H3. The minimum absolute atomic E-state index is 0.0521. The van der Waals surface area contributed by atoms with Gasteiger partial charge in [-0.25, -0.2) is 0 Å². The van der Waals surface area contributed by atoms with Crippen molar-refractivity contribution in [1.29, 1.82) is 0 Å². The molecule has 0 aromatic heterocycles. The third kappa shape index (κ3) is 24.5. The van der Waals surface area contributed by atoms with Crippen LogP contribution in [0.1, 0.15) is 34.6 Å². The van der Waals surface area contributed by atoms with E-state index < -0.39 is 0 Å². The Morgan fingerprint density at radius 2 is 1.46 bits per heavy atom. The summed E-state index contributed by atoms with van der Waals surface area (Å²) in [5, 5.41) is 4.74. The first-order valence-corrected chi connectivity index (χ1v) is 4.72. The molecule has 0 fully saturated rings. The van der Waals surface area contributed by atoms with Crippen molar-refractivity contribution < 1.29 is 4.84 Å². The maximum atomic E-state index is 5.27. The molecule has 0 atom stereocenters. The zero-order chi connectivity index (χ0) is 11.1. The van der Waals surface area contributed by atoms with Crippen LogP contribution in [0.15, 0.2) is 0 Å². The third-order valence-corrected chi connectivity index (χ3v) is 1.03. The molecule has 0 heterocycles. The molecule has 13 heavy (non-hydrogen) atoms. The molecule has 0 aromatic rings. The number of hydrogen-bond donors (Lipinski definition) is 1. The number of nitrogens with zero attached hydrogens (tertiary/aromatic N) is 1. The van der Waals surface area contributed by atoms with Gasteiger partial charge in [0.25, 0.3) is 0 Å². The van der Waals surface area contributed by atoms with Crippen LogP contribution in [0.25, 0.3) is 0 Å². The fourth-order valence-corrected chi connectivity index (χ4v) is 0.548. The molecule has 0 aliphatic carbocycles. The van der Waals surface area contributed by atoms with Crippen molar-refractivity contribution in [2.24, 2.45) is 0 Å². The van der Waals surface area contributed by atoms with Crippen LogP contribution in [0.2, 0.25) is 0 Å².